The number of nitrogens with one attached hydrogen (secondary N) is 1. The molecule has 0 atom stereocenters. The molecule has 3 amide bonds. The Bertz CT molecular complexity index is 729. The molecule has 0 bridgehead atoms. The van der Waals surface area contributed by atoms with Crippen molar-refractivity contribution in [3.63, 3.8) is 0 Å². The third kappa shape index (κ3) is 4.53. The maximum atomic E-state index is 12.9. The Labute approximate surface area is 145 Å². The van der Waals surface area contributed by atoms with Gasteiger partial charge in [0.25, 0.3) is 0 Å². The zero-order valence-electron chi connectivity index (χ0n) is 13.7. The van der Waals surface area contributed by atoms with Crippen molar-refractivity contribution in [2.75, 3.05) is 31.5 Å². The molecule has 7 heteroatoms. The molecule has 1 N–H and O–H groups in total. The molecular weight excluding hydrogens is 323 g/mol. The smallest absolute Gasteiger partial charge is 0.321 e. The van der Waals surface area contributed by atoms with E-state index in [1.54, 1.807) is 16.0 Å². The first-order valence-corrected chi connectivity index (χ1v) is 8.11. The summed E-state index contributed by atoms with van der Waals surface area (Å²) >= 11 is 0. The van der Waals surface area contributed by atoms with Crippen LogP contribution in [-0.2, 0) is 11.2 Å². The number of hydrogen-bond donors (Lipinski definition) is 1. The maximum Gasteiger partial charge on any atom is 0.321 e. The van der Waals surface area contributed by atoms with Gasteiger partial charge in [0.2, 0.25) is 5.91 Å². The first kappa shape index (κ1) is 16.9. The summed E-state index contributed by atoms with van der Waals surface area (Å²) in [5.74, 6) is -0.338. The van der Waals surface area contributed by atoms with E-state index >= 15 is 0 Å². The van der Waals surface area contributed by atoms with Crippen LogP contribution in [0.15, 0.2) is 48.7 Å². The first-order chi connectivity index (χ1) is 12.1. The number of aromatic nitrogens is 1. The molecular formula is C18H19FN4O2. The number of anilines is 1. The predicted octanol–water partition coefficient (Wildman–Crippen LogP) is 2.14. The Hall–Kier alpha value is -2.96. The van der Waals surface area contributed by atoms with Crippen LogP contribution in [0.1, 0.15) is 5.69 Å². The lowest BCUT2D eigenvalue weighted by Gasteiger charge is -2.34. The molecule has 1 aliphatic rings. The molecule has 1 aromatic heterocycles. The van der Waals surface area contributed by atoms with Gasteiger partial charge in [0, 0.05) is 43.8 Å². The molecule has 0 radical (unpaired) electrons. The number of urea groups is 1. The summed E-state index contributed by atoms with van der Waals surface area (Å²) in [6, 6.07) is 10.9. The topological polar surface area (TPSA) is 65.5 Å². The lowest BCUT2D eigenvalue weighted by atomic mass is 10.2. The van der Waals surface area contributed by atoms with Gasteiger partial charge in [0.1, 0.15) is 5.82 Å². The van der Waals surface area contributed by atoms with E-state index in [0.717, 1.165) is 5.69 Å². The Morgan fingerprint density at radius 1 is 1.00 bits per heavy atom. The van der Waals surface area contributed by atoms with Crippen molar-refractivity contribution < 1.29 is 14.0 Å². The van der Waals surface area contributed by atoms with Crippen molar-refractivity contribution in [3.05, 3.63) is 60.2 Å². The van der Waals surface area contributed by atoms with Gasteiger partial charge in [-0.05, 0) is 36.4 Å². The Kier molecular flexibility index (Phi) is 5.23. The summed E-state index contributed by atoms with van der Waals surface area (Å²) in [7, 11) is 0. The molecule has 130 valence electrons. The van der Waals surface area contributed by atoms with Crippen LogP contribution in [0, 0.1) is 5.82 Å². The van der Waals surface area contributed by atoms with E-state index in [-0.39, 0.29) is 24.2 Å². The number of pyridine rings is 1. The molecule has 0 aliphatic carbocycles. The molecule has 1 fully saturated rings. The van der Waals surface area contributed by atoms with Crippen LogP contribution in [0.5, 0.6) is 0 Å². The summed E-state index contributed by atoms with van der Waals surface area (Å²) < 4.78 is 12.9. The molecule has 0 saturated carbocycles. The highest BCUT2D eigenvalue weighted by atomic mass is 19.1. The molecule has 6 nitrogen and oxygen atoms in total. The van der Waals surface area contributed by atoms with E-state index in [4.69, 9.17) is 0 Å². The Balaban J connectivity index is 1.48. The van der Waals surface area contributed by atoms with Gasteiger partial charge < -0.3 is 15.1 Å². The number of amides is 3. The number of halogens is 1. The molecule has 25 heavy (non-hydrogen) atoms. The van der Waals surface area contributed by atoms with Crippen molar-refractivity contribution >= 4 is 17.6 Å². The molecule has 1 aromatic carbocycles. The van der Waals surface area contributed by atoms with E-state index in [1.165, 1.54) is 24.3 Å². The summed E-state index contributed by atoms with van der Waals surface area (Å²) in [6.45, 7) is 1.90. The normalized spacial score (nSPS) is 14.3. The second kappa shape index (κ2) is 7.74. The van der Waals surface area contributed by atoms with Crippen molar-refractivity contribution in [1.29, 1.82) is 0 Å². The zero-order valence-corrected chi connectivity index (χ0v) is 13.7. The van der Waals surface area contributed by atoms with Crippen LogP contribution in [0.2, 0.25) is 0 Å². The number of carbonyl (C=O) groups excluding carboxylic acids is 2. The van der Waals surface area contributed by atoms with E-state index in [9.17, 15) is 14.0 Å². The monoisotopic (exact) mass is 342 g/mol. The number of benzene rings is 1. The SMILES string of the molecule is O=C(Cc1ccccn1)N1CCN(C(=O)Nc2ccc(F)cc2)CC1. The maximum absolute atomic E-state index is 12.9. The fourth-order valence-corrected chi connectivity index (χ4v) is 2.66. The standard InChI is InChI=1S/C18H19FN4O2/c19-14-4-6-15(7-5-14)21-18(25)23-11-9-22(10-12-23)17(24)13-16-3-1-2-8-20-16/h1-8H,9-13H2,(H,21,25). The van der Waals surface area contributed by atoms with Gasteiger partial charge in [-0.1, -0.05) is 6.07 Å². The van der Waals surface area contributed by atoms with Crippen LogP contribution in [0.4, 0.5) is 14.9 Å². The molecule has 3 rings (SSSR count). The summed E-state index contributed by atoms with van der Waals surface area (Å²) in [5.41, 5.74) is 1.28. The van der Waals surface area contributed by atoms with Crippen LogP contribution >= 0.6 is 0 Å². The van der Waals surface area contributed by atoms with Gasteiger partial charge in [-0.2, -0.15) is 0 Å². The number of piperazine rings is 1. The van der Waals surface area contributed by atoms with Crippen molar-refractivity contribution in [2.24, 2.45) is 0 Å². The second-order valence-corrected chi connectivity index (χ2v) is 5.80. The third-order valence-corrected chi connectivity index (χ3v) is 4.07. The van der Waals surface area contributed by atoms with Crippen LogP contribution in [-0.4, -0.2) is 52.9 Å². The van der Waals surface area contributed by atoms with Crippen LogP contribution < -0.4 is 5.32 Å². The number of hydrogen-bond acceptors (Lipinski definition) is 3. The van der Waals surface area contributed by atoms with E-state index in [0.29, 0.717) is 31.9 Å². The summed E-state index contributed by atoms with van der Waals surface area (Å²) in [5, 5.41) is 2.73. The Morgan fingerprint density at radius 2 is 1.68 bits per heavy atom. The van der Waals surface area contributed by atoms with Crippen molar-refractivity contribution in [3.8, 4) is 0 Å². The number of carbonyl (C=O) groups is 2. The summed E-state index contributed by atoms with van der Waals surface area (Å²) in [4.78, 5) is 32.1. The molecule has 1 aliphatic heterocycles. The molecule has 0 spiro atoms. The minimum absolute atomic E-state index is 0.0114. The van der Waals surface area contributed by atoms with Gasteiger partial charge in [0.05, 0.1) is 6.42 Å². The molecule has 1 saturated heterocycles. The first-order valence-electron chi connectivity index (χ1n) is 8.11. The van der Waals surface area contributed by atoms with Crippen molar-refractivity contribution in [2.45, 2.75) is 6.42 Å². The largest absolute Gasteiger partial charge is 0.339 e. The number of rotatable bonds is 3. The molecule has 2 aromatic rings. The number of nitrogens with zero attached hydrogens (tertiary/aromatic N) is 3. The fraction of sp³-hybridized carbons (Fsp3) is 0.278. The van der Waals surface area contributed by atoms with Gasteiger partial charge in [-0.15, -0.1) is 0 Å². The molecule has 0 unspecified atom stereocenters. The van der Waals surface area contributed by atoms with Gasteiger partial charge in [-0.25, -0.2) is 9.18 Å². The highest BCUT2D eigenvalue weighted by Gasteiger charge is 2.24. The van der Waals surface area contributed by atoms with Gasteiger partial charge in [-0.3, -0.25) is 9.78 Å². The summed E-state index contributed by atoms with van der Waals surface area (Å²) in [6.07, 6.45) is 1.93. The van der Waals surface area contributed by atoms with Crippen molar-refractivity contribution in [1.82, 2.24) is 14.8 Å². The Morgan fingerprint density at radius 3 is 2.32 bits per heavy atom. The minimum atomic E-state index is -0.349. The fourth-order valence-electron chi connectivity index (χ4n) is 2.66. The lowest BCUT2D eigenvalue weighted by molar-refractivity contribution is -0.131. The van der Waals surface area contributed by atoms with Crippen LogP contribution in [0.25, 0.3) is 0 Å². The highest BCUT2D eigenvalue weighted by molar-refractivity contribution is 5.89. The van der Waals surface area contributed by atoms with E-state index in [2.05, 4.69) is 10.3 Å². The van der Waals surface area contributed by atoms with E-state index in [1.807, 2.05) is 18.2 Å². The van der Waals surface area contributed by atoms with Gasteiger partial charge in [0.15, 0.2) is 0 Å². The minimum Gasteiger partial charge on any atom is -0.339 e. The predicted molar refractivity (Wildman–Crippen MR) is 91.5 cm³/mol. The third-order valence-electron chi connectivity index (χ3n) is 4.07. The average molecular weight is 342 g/mol. The quantitative estimate of drug-likeness (QED) is 0.929. The zero-order chi connectivity index (χ0) is 17.6. The van der Waals surface area contributed by atoms with Crippen LogP contribution in [0.3, 0.4) is 0 Å². The molecule has 2 heterocycles. The lowest BCUT2D eigenvalue weighted by Crippen LogP contribution is -2.52. The van der Waals surface area contributed by atoms with Gasteiger partial charge >= 0.3 is 6.03 Å². The average Bonchev–Trinajstić information content (AvgIpc) is 2.64. The highest BCUT2D eigenvalue weighted by Crippen LogP contribution is 2.11. The van der Waals surface area contributed by atoms with E-state index < -0.39 is 0 Å². The second-order valence-electron chi connectivity index (χ2n) is 5.80.